The largest absolute Gasteiger partial charge is 0.480 e. The van der Waals surface area contributed by atoms with Crippen molar-refractivity contribution in [3.63, 3.8) is 0 Å². The van der Waals surface area contributed by atoms with Crippen molar-refractivity contribution in [3.05, 3.63) is 94.0 Å². The third-order valence-electron chi connectivity index (χ3n) is 8.96. The fourth-order valence-corrected chi connectivity index (χ4v) is 6.85. The first kappa shape index (κ1) is 34.2. The number of anilines is 1. The summed E-state index contributed by atoms with van der Waals surface area (Å²) in [5.74, 6) is -0.717. The third kappa shape index (κ3) is 7.66. The van der Waals surface area contributed by atoms with E-state index in [9.17, 15) is 27.9 Å². The molecule has 0 unspecified atom stereocenters. The van der Waals surface area contributed by atoms with Gasteiger partial charge >= 0.3 is 18.2 Å². The van der Waals surface area contributed by atoms with Gasteiger partial charge in [0.05, 0.1) is 11.4 Å². The van der Waals surface area contributed by atoms with Crippen LogP contribution in [0.25, 0.3) is 5.69 Å². The summed E-state index contributed by atoms with van der Waals surface area (Å²) in [7, 11) is 0. The molecule has 258 valence electrons. The molecule has 4 heterocycles. The fourth-order valence-electron chi connectivity index (χ4n) is 6.50. The number of halogens is 4. The van der Waals surface area contributed by atoms with E-state index in [1.54, 1.807) is 32.2 Å². The molecule has 1 spiro atoms. The molecule has 1 N–H and O–H groups in total. The number of nitrogens with zero attached hydrogens (tertiary/aromatic N) is 6. The number of carboxylic acids is 1. The minimum absolute atomic E-state index is 0.0298. The number of amides is 1. The van der Waals surface area contributed by atoms with Crippen LogP contribution in [0.4, 0.5) is 23.8 Å². The van der Waals surface area contributed by atoms with Gasteiger partial charge in [-0.25, -0.2) is 19.3 Å². The predicted octanol–water partition coefficient (Wildman–Crippen LogP) is 6.81. The molecule has 4 aromatic rings. The number of aryl methyl sites for hydroxylation is 2. The van der Waals surface area contributed by atoms with Crippen LogP contribution in [0.2, 0.25) is 0 Å². The molecule has 2 fully saturated rings. The molecule has 0 saturated carbocycles. The molecule has 2 aromatic heterocycles. The molecule has 49 heavy (non-hydrogen) atoms. The number of carbonyl (C=O) groups is 2. The summed E-state index contributed by atoms with van der Waals surface area (Å²) in [5, 5.41) is 14.3. The number of hydrogen-bond donors (Lipinski definition) is 1. The second-order valence-electron chi connectivity index (χ2n) is 12.5. The minimum Gasteiger partial charge on any atom is -0.480 e. The van der Waals surface area contributed by atoms with Gasteiger partial charge in [-0.05, 0) is 62.3 Å². The normalized spacial score (nSPS) is 18.0. The number of benzene rings is 2. The molecule has 2 aromatic carbocycles. The summed E-state index contributed by atoms with van der Waals surface area (Å²) in [6.45, 7) is 4.45. The lowest BCUT2D eigenvalue weighted by molar-refractivity contribution is -0.198. The van der Waals surface area contributed by atoms with E-state index in [1.807, 2.05) is 35.2 Å². The van der Waals surface area contributed by atoms with E-state index in [2.05, 4.69) is 31.0 Å². The monoisotopic (exact) mass is 742 g/mol. The van der Waals surface area contributed by atoms with Gasteiger partial charge in [-0.15, -0.1) is 0 Å². The van der Waals surface area contributed by atoms with Gasteiger partial charge in [0, 0.05) is 41.9 Å². The first-order chi connectivity index (χ1) is 23.3. The molecule has 0 radical (unpaired) electrons. The van der Waals surface area contributed by atoms with Crippen LogP contribution in [-0.2, 0) is 16.1 Å². The molecule has 2 aliphatic rings. The molecule has 2 aliphatic heterocycles. The average molecular weight is 744 g/mol. The number of rotatable bonds is 8. The highest BCUT2D eigenvalue weighted by Crippen LogP contribution is 2.45. The summed E-state index contributed by atoms with van der Waals surface area (Å²) in [6, 6.07) is 15.6. The second kappa shape index (κ2) is 13.7. The van der Waals surface area contributed by atoms with Crippen molar-refractivity contribution in [3.8, 4) is 11.6 Å². The van der Waals surface area contributed by atoms with Crippen LogP contribution in [0.1, 0.15) is 48.0 Å². The highest BCUT2D eigenvalue weighted by molar-refractivity contribution is 9.10. The molecule has 2 atom stereocenters. The van der Waals surface area contributed by atoms with Crippen LogP contribution in [-0.4, -0.2) is 73.7 Å². The summed E-state index contributed by atoms with van der Waals surface area (Å²) in [5.41, 5.74) is 1.03. The van der Waals surface area contributed by atoms with Crippen molar-refractivity contribution >= 4 is 33.8 Å². The number of carbonyl (C=O) groups excluding carboxylic acids is 1. The highest BCUT2D eigenvalue weighted by atomic mass is 79.9. The van der Waals surface area contributed by atoms with E-state index in [-0.39, 0.29) is 42.5 Å². The van der Waals surface area contributed by atoms with E-state index in [0.29, 0.717) is 41.9 Å². The first-order valence-corrected chi connectivity index (χ1v) is 16.5. The van der Waals surface area contributed by atoms with Gasteiger partial charge in [-0.2, -0.15) is 23.3 Å². The summed E-state index contributed by atoms with van der Waals surface area (Å²) < 4.78 is 56.9. The zero-order chi connectivity index (χ0) is 34.9. The molecule has 15 heteroatoms. The Kier molecular flexibility index (Phi) is 9.56. The number of aliphatic carboxylic acids is 1. The number of aromatic nitrogens is 4. The van der Waals surface area contributed by atoms with Crippen LogP contribution in [0.3, 0.4) is 0 Å². The van der Waals surface area contributed by atoms with E-state index in [1.165, 1.54) is 27.8 Å². The van der Waals surface area contributed by atoms with Crippen molar-refractivity contribution < 1.29 is 37.3 Å². The zero-order valence-corrected chi connectivity index (χ0v) is 28.3. The number of alkyl halides is 3. The minimum atomic E-state index is -4.79. The zero-order valence-electron chi connectivity index (χ0n) is 26.7. The lowest BCUT2D eigenvalue weighted by Gasteiger charge is -2.39. The van der Waals surface area contributed by atoms with Crippen molar-refractivity contribution in [1.29, 1.82) is 0 Å². The quantitative estimate of drug-likeness (QED) is 0.208. The van der Waals surface area contributed by atoms with Crippen molar-refractivity contribution in [2.45, 2.75) is 58.0 Å². The van der Waals surface area contributed by atoms with Crippen LogP contribution in [0.5, 0.6) is 5.88 Å². The molecular formula is C34H34BrF3N6O5. The van der Waals surface area contributed by atoms with Crippen LogP contribution in [0.15, 0.2) is 71.3 Å². The maximum absolute atomic E-state index is 14.6. The van der Waals surface area contributed by atoms with E-state index in [4.69, 9.17) is 9.47 Å². The molecule has 0 bridgehead atoms. The fraction of sp³-hybridized carbons (Fsp3) is 0.382. The first-order valence-electron chi connectivity index (χ1n) is 15.7. The van der Waals surface area contributed by atoms with Crippen molar-refractivity contribution in [1.82, 2.24) is 24.6 Å². The number of carboxylic acid groups (broad SMARTS) is 1. The lowest BCUT2D eigenvalue weighted by Crippen LogP contribution is -2.43. The Morgan fingerprint density at radius 1 is 1.06 bits per heavy atom. The Morgan fingerprint density at radius 3 is 2.45 bits per heavy atom. The van der Waals surface area contributed by atoms with Crippen LogP contribution in [0, 0.1) is 19.3 Å². The summed E-state index contributed by atoms with van der Waals surface area (Å²) in [6.07, 6.45) is -4.90. The molecule has 1 amide bonds. The predicted molar refractivity (Wildman–Crippen MR) is 175 cm³/mol. The summed E-state index contributed by atoms with van der Waals surface area (Å²) in [4.78, 5) is 37.1. The standard InChI is InChI=1S/C34H34BrF3N6O5/c1-21-10-13-44(41-21)26-16-24(35)8-9-25(26)30(34(36,37)38)49-29-17-28(39-22(2)40-29)42-14-11-33(12-15-42)18-27(31(45)46)43(20-33)32(47)48-19-23-6-4-3-5-7-23/h3-10,13,16-17,27,30H,11-12,14-15,18-20H2,1-2H3,(H,45,46)/t27-,30+/m0/s1. The van der Waals surface area contributed by atoms with Gasteiger partial charge in [-0.3, -0.25) is 4.90 Å². The van der Waals surface area contributed by atoms with Crippen molar-refractivity contribution in [2.24, 2.45) is 5.41 Å². The number of likely N-dealkylation sites (tertiary alicyclic amines) is 1. The SMILES string of the molecule is Cc1ccn(-c2cc(Br)ccc2[C@@H](Oc2cc(N3CCC4(CC3)C[C@@H](C(=O)O)N(C(=O)OCc3ccccc3)C4)nc(C)n2)C(F)(F)F)n1. The van der Waals surface area contributed by atoms with Gasteiger partial charge in [-0.1, -0.05) is 52.3 Å². The molecular weight excluding hydrogens is 709 g/mol. The smallest absolute Gasteiger partial charge is 0.429 e. The molecule has 11 nitrogen and oxygen atoms in total. The topological polar surface area (TPSA) is 123 Å². The maximum atomic E-state index is 14.6. The third-order valence-corrected chi connectivity index (χ3v) is 9.46. The van der Waals surface area contributed by atoms with Crippen LogP contribution < -0.4 is 9.64 Å². The molecule has 0 aliphatic carbocycles. The van der Waals surface area contributed by atoms with Gasteiger partial charge in [0.2, 0.25) is 12.0 Å². The van der Waals surface area contributed by atoms with Gasteiger partial charge < -0.3 is 19.5 Å². The summed E-state index contributed by atoms with van der Waals surface area (Å²) >= 11 is 3.34. The Balaban J connectivity index is 1.18. The number of ether oxygens (including phenoxy) is 2. The van der Waals surface area contributed by atoms with Gasteiger partial charge in [0.25, 0.3) is 0 Å². The lowest BCUT2D eigenvalue weighted by atomic mass is 9.76. The highest BCUT2D eigenvalue weighted by Gasteiger charge is 2.51. The Hall–Kier alpha value is -4.66. The number of hydrogen-bond acceptors (Lipinski definition) is 8. The molecule has 2 saturated heterocycles. The average Bonchev–Trinajstić information content (AvgIpc) is 3.67. The van der Waals surface area contributed by atoms with Gasteiger partial charge in [0.15, 0.2) is 0 Å². The van der Waals surface area contributed by atoms with E-state index >= 15 is 0 Å². The second-order valence-corrected chi connectivity index (χ2v) is 13.4. The Morgan fingerprint density at radius 2 is 1.80 bits per heavy atom. The maximum Gasteiger partial charge on any atom is 0.429 e. The molecule has 6 rings (SSSR count). The van der Waals surface area contributed by atoms with Crippen LogP contribution >= 0.6 is 15.9 Å². The van der Waals surface area contributed by atoms with Gasteiger partial charge in [0.1, 0.15) is 24.3 Å². The van der Waals surface area contributed by atoms with E-state index in [0.717, 1.165) is 5.56 Å². The Bertz CT molecular complexity index is 1830. The Labute approximate surface area is 288 Å². The van der Waals surface area contributed by atoms with Crippen molar-refractivity contribution in [2.75, 3.05) is 24.5 Å². The van der Waals surface area contributed by atoms with E-state index < -0.39 is 35.8 Å². The number of piperidine rings is 1.